The molecule has 7 rings (SSSR count). The van der Waals surface area contributed by atoms with Crippen molar-refractivity contribution in [3.8, 4) is 22.3 Å². The summed E-state index contributed by atoms with van der Waals surface area (Å²) in [5, 5.41) is 2.50. The summed E-state index contributed by atoms with van der Waals surface area (Å²) in [4.78, 5) is 4.49. The van der Waals surface area contributed by atoms with Gasteiger partial charge in [-0.25, -0.2) is 0 Å². The van der Waals surface area contributed by atoms with Gasteiger partial charge in [-0.3, -0.25) is 4.98 Å². The molecule has 216 valence electrons. The van der Waals surface area contributed by atoms with Gasteiger partial charge in [0.25, 0.3) is 0 Å². The van der Waals surface area contributed by atoms with E-state index in [0.717, 1.165) is 36.1 Å². The Labute approximate surface area is 262 Å². The van der Waals surface area contributed by atoms with Gasteiger partial charge in [0.15, 0.2) is 0 Å². The Morgan fingerprint density at radius 1 is 0.864 bits per heavy atom. The minimum Gasteiger partial charge on any atom is -0.261 e. The monoisotopic (exact) mass is 569 g/mol. The molecule has 0 radical (unpaired) electrons. The molecule has 2 aliphatic rings. The molecule has 44 heavy (non-hydrogen) atoms. The molecular weight excluding hydrogens is 530 g/mol. The first-order valence-electron chi connectivity index (χ1n) is 15.9. The standard InChI is InChI=1S/C43H39N/c1-28-16-21-38-40(25-28)42(33-12-6-5-7-13-33)39-15-9-11-31(4)41(39)43(38)35-20-18-32-17-19-34(26-36(32)27-35)30(3)10-8-14-37-24-29(2)22-23-44-37/h5-10,12-13,15-24,26-28,31H,3,11,14,25H2,1-2,4H3/b10-8-. The van der Waals surface area contributed by atoms with Gasteiger partial charge in [-0.2, -0.15) is 0 Å². The maximum absolute atomic E-state index is 4.49. The van der Waals surface area contributed by atoms with E-state index >= 15 is 0 Å². The maximum atomic E-state index is 4.49. The summed E-state index contributed by atoms with van der Waals surface area (Å²) in [6.45, 7) is 11.2. The van der Waals surface area contributed by atoms with E-state index in [1.54, 1.807) is 0 Å². The molecule has 1 heterocycles. The van der Waals surface area contributed by atoms with Crippen molar-refractivity contribution in [3.05, 3.63) is 155 Å². The van der Waals surface area contributed by atoms with Crippen LogP contribution in [0.1, 0.15) is 65.3 Å². The highest BCUT2D eigenvalue weighted by Crippen LogP contribution is 2.49. The van der Waals surface area contributed by atoms with Crippen molar-refractivity contribution in [3.63, 3.8) is 0 Å². The highest BCUT2D eigenvalue weighted by atomic mass is 14.7. The molecule has 0 bridgehead atoms. The van der Waals surface area contributed by atoms with Gasteiger partial charge >= 0.3 is 0 Å². The minimum absolute atomic E-state index is 0.445. The predicted molar refractivity (Wildman–Crippen MR) is 190 cm³/mol. The lowest BCUT2D eigenvalue weighted by Gasteiger charge is -2.32. The van der Waals surface area contributed by atoms with Crippen LogP contribution in [0.5, 0.6) is 0 Å². The minimum atomic E-state index is 0.445. The van der Waals surface area contributed by atoms with Crippen LogP contribution in [0, 0.1) is 12.8 Å². The fourth-order valence-corrected chi connectivity index (χ4v) is 7.08. The molecule has 2 atom stereocenters. The molecule has 0 saturated heterocycles. The first-order valence-corrected chi connectivity index (χ1v) is 15.9. The van der Waals surface area contributed by atoms with Crippen LogP contribution in [0.4, 0.5) is 0 Å². The highest BCUT2D eigenvalue weighted by Gasteiger charge is 2.29. The van der Waals surface area contributed by atoms with Gasteiger partial charge in [0.05, 0.1) is 0 Å². The smallest absolute Gasteiger partial charge is 0.0443 e. The number of rotatable bonds is 6. The Kier molecular flexibility index (Phi) is 7.48. The second-order valence-corrected chi connectivity index (χ2v) is 12.6. The van der Waals surface area contributed by atoms with Gasteiger partial charge in [0.1, 0.15) is 0 Å². The van der Waals surface area contributed by atoms with E-state index in [9.17, 15) is 0 Å². The largest absolute Gasteiger partial charge is 0.261 e. The third-order valence-electron chi connectivity index (χ3n) is 9.29. The molecule has 5 aromatic rings. The van der Waals surface area contributed by atoms with Crippen molar-refractivity contribution < 1.29 is 0 Å². The average Bonchev–Trinajstić information content (AvgIpc) is 3.03. The lowest BCUT2D eigenvalue weighted by Crippen LogP contribution is -2.13. The van der Waals surface area contributed by atoms with E-state index in [1.807, 2.05) is 12.3 Å². The molecule has 0 saturated carbocycles. The molecule has 0 N–H and O–H groups in total. The first kappa shape index (κ1) is 28.0. The predicted octanol–water partition coefficient (Wildman–Crippen LogP) is 11.4. The number of fused-ring (bicyclic) bond motifs is 3. The second kappa shape index (κ2) is 11.7. The number of hydrogen-bond acceptors (Lipinski definition) is 1. The molecule has 2 aliphatic carbocycles. The van der Waals surface area contributed by atoms with Crippen LogP contribution in [-0.2, 0) is 12.8 Å². The van der Waals surface area contributed by atoms with E-state index in [-0.39, 0.29) is 0 Å². The third kappa shape index (κ3) is 5.28. The van der Waals surface area contributed by atoms with Crippen LogP contribution in [0.25, 0.3) is 50.8 Å². The number of hydrogen-bond donors (Lipinski definition) is 0. The third-order valence-corrected chi connectivity index (χ3v) is 9.29. The van der Waals surface area contributed by atoms with Crippen LogP contribution in [-0.4, -0.2) is 4.98 Å². The van der Waals surface area contributed by atoms with Crippen LogP contribution in [0.3, 0.4) is 0 Å². The van der Waals surface area contributed by atoms with Crippen molar-refractivity contribution in [2.45, 2.75) is 46.0 Å². The van der Waals surface area contributed by atoms with Crippen molar-refractivity contribution in [1.29, 1.82) is 0 Å². The zero-order chi connectivity index (χ0) is 30.2. The molecule has 1 heteroatoms. The van der Waals surface area contributed by atoms with Crippen molar-refractivity contribution in [1.82, 2.24) is 4.98 Å². The van der Waals surface area contributed by atoms with E-state index in [0.29, 0.717) is 11.8 Å². The maximum Gasteiger partial charge on any atom is 0.0443 e. The second-order valence-electron chi connectivity index (χ2n) is 12.6. The van der Waals surface area contributed by atoms with Crippen LogP contribution in [0.2, 0.25) is 0 Å². The Bertz CT molecular complexity index is 1990. The Hall–Kier alpha value is -4.75. The number of pyridine rings is 1. The van der Waals surface area contributed by atoms with Crippen molar-refractivity contribution in [2.24, 2.45) is 5.92 Å². The number of nitrogens with zero attached hydrogens (tertiary/aromatic N) is 1. The van der Waals surface area contributed by atoms with E-state index in [1.165, 1.54) is 60.8 Å². The summed E-state index contributed by atoms with van der Waals surface area (Å²) in [6.07, 6.45) is 18.7. The summed E-state index contributed by atoms with van der Waals surface area (Å²) in [6, 6.07) is 28.9. The van der Waals surface area contributed by atoms with Gasteiger partial charge < -0.3 is 0 Å². The zero-order valence-corrected chi connectivity index (χ0v) is 26.0. The van der Waals surface area contributed by atoms with Crippen LogP contribution in [0.15, 0.2) is 116 Å². The van der Waals surface area contributed by atoms with Gasteiger partial charge in [-0.05, 0) is 128 Å². The number of benzene rings is 4. The van der Waals surface area contributed by atoms with Crippen LogP contribution < -0.4 is 0 Å². The molecule has 1 nitrogen and oxygen atoms in total. The van der Waals surface area contributed by atoms with E-state index < -0.39 is 0 Å². The highest BCUT2D eigenvalue weighted by molar-refractivity contribution is 5.97. The number of aromatic nitrogens is 1. The Balaban J connectivity index is 1.33. The average molecular weight is 570 g/mol. The van der Waals surface area contributed by atoms with Gasteiger partial charge in [0, 0.05) is 18.3 Å². The summed E-state index contributed by atoms with van der Waals surface area (Å²) >= 11 is 0. The summed E-state index contributed by atoms with van der Waals surface area (Å²) in [7, 11) is 0. The summed E-state index contributed by atoms with van der Waals surface area (Å²) in [5.41, 5.74) is 15.7. The van der Waals surface area contributed by atoms with E-state index in [4.69, 9.17) is 0 Å². The molecular formula is C43H39N. The van der Waals surface area contributed by atoms with Crippen molar-refractivity contribution >= 4 is 28.5 Å². The normalized spacial score (nSPS) is 17.2. The van der Waals surface area contributed by atoms with Gasteiger partial charge in [0.2, 0.25) is 0 Å². The molecule has 4 aromatic carbocycles. The lowest BCUT2D eigenvalue weighted by molar-refractivity contribution is 0.715. The first-order chi connectivity index (χ1) is 21.5. The van der Waals surface area contributed by atoms with Crippen molar-refractivity contribution in [2.75, 3.05) is 0 Å². The quantitative estimate of drug-likeness (QED) is 0.185. The Morgan fingerprint density at radius 3 is 2.55 bits per heavy atom. The SMILES string of the molecule is C=C(/C=C\Cc1cc(C)ccn1)c1ccc2ccc(-c3c4c(c(-c5ccccc5)c5c3C(C)CC=C5)CC(C)C=C4)cc2c1. The molecule has 1 aromatic heterocycles. The fourth-order valence-electron chi connectivity index (χ4n) is 7.08. The van der Waals surface area contributed by atoms with Gasteiger partial charge in [-0.1, -0.05) is 111 Å². The number of aryl methyl sites for hydroxylation is 1. The molecule has 0 fully saturated rings. The topological polar surface area (TPSA) is 12.9 Å². The molecule has 2 unspecified atom stereocenters. The van der Waals surface area contributed by atoms with E-state index in [2.05, 4.69) is 142 Å². The molecule has 0 amide bonds. The summed E-state index contributed by atoms with van der Waals surface area (Å²) in [5.74, 6) is 0.959. The molecule has 0 aliphatic heterocycles. The fraction of sp³-hybridized carbons (Fsp3) is 0.186. The zero-order valence-electron chi connectivity index (χ0n) is 26.0. The Morgan fingerprint density at radius 2 is 1.70 bits per heavy atom. The van der Waals surface area contributed by atoms with Crippen LogP contribution >= 0.6 is 0 Å². The lowest BCUT2D eigenvalue weighted by atomic mass is 9.72. The summed E-state index contributed by atoms with van der Waals surface area (Å²) < 4.78 is 0. The molecule has 0 spiro atoms. The number of allylic oxidation sites excluding steroid dienone is 5. The van der Waals surface area contributed by atoms with Gasteiger partial charge in [-0.15, -0.1) is 0 Å².